The Morgan fingerprint density at radius 2 is 0.973 bits per heavy atom. The number of nitrogens with one attached hydrogen (secondary N) is 2. The minimum Gasteiger partial charge on any atom is -0.469 e. The standard InChI is InChI=1S/2C9H13N.C8H14N2.C8H12N2.C8H13N.C8H11N.3C7H12N2.C7H10N2.C7H10O.C6H10N2/c1-9(2,3)8-4-6-10-7-5-8;1-9(2,3)8-6-4-5-7-10-8;1-8(2,3)7-5-9-6-10(7)4;1-8(2,3)7-4-9-6-10-5-7;1-8(2,3)9-6-4-5-7-9;1-7(2)8-4-3-5-9-6-8;1-7(2,3)6-4-8-9-5-6;1-7(2,3)9-5-4-8-6-9;1-7(2,3)9-6-4-5-8-9;1-6(2)7-8-4-3-5-9-7;1-6(2)7-4-3-5-8-7;1-5(2)6-7-3-4-8-6/h2*4-7H,1-3H3;5-6H,1-4H3;4-6H,1-3H3;4-7H,1-3H3;3-7H,1-2H3;4-5H,1-3H3,(H,8,9);2*4-6H,1-3H3;3-6H,1-2H3;3-6H,1-2H3;3-5H,1-2H3,(H,7,8). The quantitative estimate of drug-likeness (QED) is 0.168. The van der Waals surface area contributed by atoms with Crippen molar-refractivity contribution in [3.8, 4) is 0 Å². The van der Waals surface area contributed by atoms with Crippen molar-refractivity contribution in [2.24, 2.45) is 7.05 Å². The van der Waals surface area contributed by atoms with E-state index in [0.717, 1.165) is 23.1 Å². The van der Waals surface area contributed by atoms with Crippen LogP contribution in [-0.4, -0.2) is 88.5 Å². The van der Waals surface area contributed by atoms with Crippen LogP contribution in [0.1, 0.15) is 296 Å². The van der Waals surface area contributed by atoms with Gasteiger partial charge in [0.15, 0.2) is 0 Å². The van der Waals surface area contributed by atoms with Gasteiger partial charge in [0.2, 0.25) is 0 Å². The van der Waals surface area contributed by atoms with Crippen molar-refractivity contribution in [1.29, 1.82) is 0 Å². The van der Waals surface area contributed by atoms with Crippen molar-refractivity contribution in [2.75, 3.05) is 0 Å². The molecule has 110 heavy (non-hydrogen) atoms. The Labute approximate surface area is 664 Å². The largest absolute Gasteiger partial charge is 0.469 e. The second-order valence-corrected chi connectivity index (χ2v) is 35.7. The highest BCUT2D eigenvalue weighted by Gasteiger charge is 2.18. The van der Waals surface area contributed by atoms with Crippen LogP contribution in [0.25, 0.3) is 0 Å². The summed E-state index contributed by atoms with van der Waals surface area (Å²) in [4.78, 5) is 43.3. The lowest BCUT2D eigenvalue weighted by molar-refractivity contribution is 0.355. The Morgan fingerprint density at radius 3 is 1.24 bits per heavy atom. The lowest BCUT2D eigenvalue weighted by atomic mass is 9.88. The molecule has 0 aromatic carbocycles. The monoisotopic (exact) mass is 1500 g/mol. The van der Waals surface area contributed by atoms with Crippen LogP contribution in [0.4, 0.5) is 0 Å². The number of rotatable bonds is 4. The van der Waals surface area contributed by atoms with E-state index in [1.165, 1.54) is 27.9 Å². The van der Waals surface area contributed by atoms with Gasteiger partial charge < -0.3 is 23.1 Å². The highest BCUT2D eigenvalue weighted by molar-refractivity contribution is 5.19. The van der Waals surface area contributed by atoms with Gasteiger partial charge in [-0.2, -0.15) is 10.2 Å². The Balaban J connectivity index is 0.000000600. The highest BCUT2D eigenvalue weighted by Crippen LogP contribution is 2.24. The van der Waals surface area contributed by atoms with E-state index in [9.17, 15) is 0 Å². The molecular weight excluding hydrogens is 1360 g/mol. The number of aromatic nitrogens is 18. The van der Waals surface area contributed by atoms with E-state index in [2.05, 4.69) is 342 Å². The van der Waals surface area contributed by atoms with Crippen molar-refractivity contribution < 1.29 is 4.42 Å². The van der Waals surface area contributed by atoms with E-state index >= 15 is 0 Å². The Kier molecular flexibility index (Phi) is 42.9. The average molecular weight is 1500 g/mol. The first kappa shape index (κ1) is 98.2. The van der Waals surface area contributed by atoms with E-state index in [4.69, 9.17) is 4.42 Å². The summed E-state index contributed by atoms with van der Waals surface area (Å²) in [5.41, 5.74) is 9.08. The summed E-state index contributed by atoms with van der Waals surface area (Å²) < 4.78 is 13.4. The second kappa shape index (κ2) is 48.0. The molecule has 2 N–H and O–H groups in total. The van der Waals surface area contributed by atoms with Crippen LogP contribution in [0.5, 0.6) is 0 Å². The van der Waals surface area contributed by atoms with Gasteiger partial charge in [-0.15, -0.1) is 0 Å². The summed E-state index contributed by atoms with van der Waals surface area (Å²) >= 11 is 0. The fourth-order valence-corrected chi connectivity index (χ4v) is 8.73. The lowest BCUT2D eigenvalue weighted by Gasteiger charge is -2.20. The van der Waals surface area contributed by atoms with Crippen LogP contribution in [0.2, 0.25) is 0 Å². The molecule has 12 aromatic heterocycles. The van der Waals surface area contributed by atoms with E-state index in [1.807, 2.05) is 153 Å². The third kappa shape index (κ3) is 43.4. The molecule has 0 bridgehead atoms. The van der Waals surface area contributed by atoms with Crippen molar-refractivity contribution in [3.63, 3.8) is 0 Å². The van der Waals surface area contributed by atoms with Crippen LogP contribution in [0, 0.1) is 0 Å². The second-order valence-electron chi connectivity index (χ2n) is 35.7. The van der Waals surface area contributed by atoms with Crippen molar-refractivity contribution in [3.05, 3.63) is 279 Å². The number of pyridine rings is 3. The molecule has 0 amide bonds. The van der Waals surface area contributed by atoms with Crippen LogP contribution in [0.3, 0.4) is 0 Å². The molecule has 0 radical (unpaired) electrons. The van der Waals surface area contributed by atoms with Gasteiger partial charge in [-0.1, -0.05) is 171 Å². The first-order chi connectivity index (χ1) is 51.0. The van der Waals surface area contributed by atoms with Gasteiger partial charge in [-0.25, -0.2) is 34.9 Å². The number of hydrogen-bond acceptors (Lipinski definition) is 13. The average Bonchev–Trinajstić information content (AvgIpc) is 1.85. The number of aryl methyl sites for hydroxylation is 1. The van der Waals surface area contributed by atoms with Gasteiger partial charge >= 0.3 is 0 Å². The van der Waals surface area contributed by atoms with Gasteiger partial charge in [0.05, 0.1) is 30.7 Å². The molecule has 0 spiro atoms. The molecule has 12 heterocycles. The molecule has 0 unspecified atom stereocenters. The summed E-state index contributed by atoms with van der Waals surface area (Å²) in [6.07, 6.45) is 44.4. The Morgan fingerprint density at radius 1 is 0.382 bits per heavy atom. The topological polar surface area (TPSA) is 219 Å². The molecule has 19 heteroatoms. The van der Waals surface area contributed by atoms with Gasteiger partial charge in [-0.05, 0) is 173 Å². The number of nitrogens with zero attached hydrogens (tertiary/aromatic N) is 16. The summed E-state index contributed by atoms with van der Waals surface area (Å²) in [6.45, 7) is 68.9. The summed E-state index contributed by atoms with van der Waals surface area (Å²) in [5, 5.41) is 10.8. The maximum atomic E-state index is 5.09. The fraction of sp³-hybridized carbons (Fsp3) is 0.495. The van der Waals surface area contributed by atoms with Crippen molar-refractivity contribution >= 4 is 0 Å². The molecule has 19 nitrogen and oxygen atoms in total. The van der Waals surface area contributed by atoms with Crippen LogP contribution in [0.15, 0.2) is 232 Å². The predicted molar refractivity (Wildman–Crippen MR) is 460 cm³/mol. The maximum absolute atomic E-state index is 5.09. The highest BCUT2D eigenvalue weighted by atomic mass is 16.3. The predicted octanol–water partition coefficient (Wildman–Crippen LogP) is 23.2. The number of furan rings is 1. The summed E-state index contributed by atoms with van der Waals surface area (Å²) in [6, 6.07) is 25.9. The van der Waals surface area contributed by atoms with E-state index in [1.54, 1.807) is 49.8 Å². The van der Waals surface area contributed by atoms with Crippen molar-refractivity contribution in [2.45, 2.75) is 289 Å². The molecule has 0 saturated carbocycles. The van der Waals surface area contributed by atoms with Crippen LogP contribution >= 0.6 is 0 Å². The van der Waals surface area contributed by atoms with Crippen molar-refractivity contribution in [1.82, 2.24) is 88.5 Å². The molecule has 0 aliphatic rings. The molecule has 0 aliphatic carbocycles. The third-order valence-corrected chi connectivity index (χ3v) is 15.8. The smallest absolute Gasteiger partial charge is 0.130 e. The number of hydrogen-bond donors (Lipinski definition) is 2. The van der Waals surface area contributed by atoms with Gasteiger partial charge in [-0.3, -0.25) is 24.7 Å². The number of H-pyrrole nitrogens is 2. The molecule has 0 aliphatic heterocycles. The number of imidazole rings is 3. The minimum atomic E-state index is 0.128. The van der Waals surface area contributed by atoms with Crippen LogP contribution in [-0.2, 0) is 50.7 Å². The Bertz CT molecular complexity index is 3660. The molecule has 12 aromatic rings. The fourth-order valence-electron chi connectivity index (χ4n) is 8.73. The summed E-state index contributed by atoms with van der Waals surface area (Å²) in [7, 11) is 2.02. The first-order valence-electron chi connectivity index (χ1n) is 38.3. The zero-order chi connectivity index (χ0) is 83.6. The van der Waals surface area contributed by atoms with E-state index in [-0.39, 0.29) is 43.7 Å². The van der Waals surface area contributed by atoms with Gasteiger partial charge in [0.1, 0.15) is 23.7 Å². The van der Waals surface area contributed by atoms with E-state index < -0.39 is 0 Å². The molecule has 602 valence electrons. The molecule has 12 rings (SSSR count). The molecule has 0 atom stereocenters. The first-order valence-corrected chi connectivity index (χ1v) is 38.3. The molecule has 0 fully saturated rings. The zero-order valence-electron chi connectivity index (χ0n) is 73.7. The zero-order valence-corrected chi connectivity index (χ0v) is 73.7. The molecule has 0 saturated heterocycles. The Hall–Kier alpha value is -9.78. The molecular formula is C91H142N18O. The minimum absolute atomic E-state index is 0.128. The normalized spacial score (nSPS) is 11.3. The van der Waals surface area contributed by atoms with Crippen LogP contribution < -0.4 is 0 Å². The number of aromatic amines is 2. The summed E-state index contributed by atoms with van der Waals surface area (Å²) in [5.74, 6) is 5.10. The SMILES string of the molecule is CC(C)(C)c1ccccn1.CC(C)(C)c1ccncc1.CC(C)(C)c1cn[nH]c1.CC(C)(C)c1cncnc1.CC(C)(C)n1cccc1.CC(C)(C)n1cccn1.CC(C)(C)n1ccnc1.CC(C)c1cccnc1.CC(C)c1ccco1.CC(C)c1ncc[nH]1.CC(C)c1ncccn1.Cn1cncc1C(C)(C)C. The maximum Gasteiger partial charge on any atom is 0.130 e. The lowest BCUT2D eigenvalue weighted by Crippen LogP contribution is -2.21. The van der Waals surface area contributed by atoms with Gasteiger partial charge in [0, 0.05) is 176 Å². The third-order valence-electron chi connectivity index (χ3n) is 15.8. The van der Waals surface area contributed by atoms with Gasteiger partial charge in [0.25, 0.3) is 0 Å². The van der Waals surface area contributed by atoms with E-state index in [0.29, 0.717) is 23.7 Å².